The predicted molar refractivity (Wildman–Crippen MR) is 61.8 cm³/mol. The summed E-state index contributed by atoms with van der Waals surface area (Å²) in [4.78, 5) is 15.9. The van der Waals surface area contributed by atoms with Crippen LogP contribution >= 0.6 is 0 Å². The zero-order chi connectivity index (χ0) is 11.8. The molecule has 1 fully saturated rings. The average Bonchev–Trinajstić information content (AvgIpc) is 2.86. The fourth-order valence-electron chi connectivity index (χ4n) is 1.63. The van der Waals surface area contributed by atoms with Gasteiger partial charge in [-0.2, -0.15) is 0 Å². The molecule has 16 heavy (non-hydrogen) atoms. The Morgan fingerprint density at radius 1 is 1.62 bits per heavy atom. The molecule has 0 radical (unpaired) electrons. The fraction of sp³-hybridized carbons (Fsp3) is 0.500. The molecule has 1 amide bonds. The van der Waals surface area contributed by atoms with Crippen molar-refractivity contribution in [2.75, 3.05) is 0 Å². The number of hydrogen-bond acceptors (Lipinski definition) is 3. The smallest absolute Gasteiger partial charge is 0.270 e. The minimum Gasteiger partial charge on any atom is -0.347 e. The van der Waals surface area contributed by atoms with Gasteiger partial charge in [-0.05, 0) is 23.5 Å². The molecule has 1 aliphatic carbocycles. The molecule has 0 spiro atoms. The Kier molecular flexibility index (Phi) is 2.68. The Hall–Kier alpha value is -1.42. The molecular weight excluding hydrogens is 202 g/mol. The maximum atomic E-state index is 11.8. The van der Waals surface area contributed by atoms with Crippen LogP contribution < -0.4 is 11.1 Å². The van der Waals surface area contributed by atoms with E-state index in [1.54, 1.807) is 12.3 Å². The van der Waals surface area contributed by atoms with Crippen molar-refractivity contribution in [1.29, 1.82) is 0 Å². The Labute approximate surface area is 95.3 Å². The van der Waals surface area contributed by atoms with Gasteiger partial charge in [-0.25, -0.2) is 0 Å². The van der Waals surface area contributed by atoms with Crippen molar-refractivity contribution in [3.63, 3.8) is 0 Å². The minimum atomic E-state index is -0.0980. The van der Waals surface area contributed by atoms with Gasteiger partial charge in [0, 0.05) is 18.8 Å². The van der Waals surface area contributed by atoms with E-state index in [9.17, 15) is 4.79 Å². The molecule has 1 aliphatic rings. The van der Waals surface area contributed by atoms with Crippen LogP contribution in [0.25, 0.3) is 0 Å². The lowest BCUT2D eigenvalue weighted by Crippen LogP contribution is -2.29. The molecule has 0 aromatic carbocycles. The lowest BCUT2D eigenvalue weighted by molar-refractivity contribution is 0.0941. The molecule has 2 rings (SSSR count). The summed E-state index contributed by atoms with van der Waals surface area (Å²) < 4.78 is 0. The number of nitrogens with zero attached hydrogens (tertiary/aromatic N) is 1. The largest absolute Gasteiger partial charge is 0.347 e. The Bertz CT molecular complexity index is 397. The van der Waals surface area contributed by atoms with Gasteiger partial charge in [0.25, 0.3) is 5.91 Å². The van der Waals surface area contributed by atoms with Crippen LogP contribution in [0.2, 0.25) is 0 Å². The SMILES string of the molecule is CC1(C)CC1NC(=O)c1ccc(CN)cn1. The number of aromatic nitrogens is 1. The highest BCUT2D eigenvalue weighted by Crippen LogP contribution is 2.44. The standard InChI is InChI=1S/C12H17N3O/c1-12(2)5-10(12)15-11(16)9-4-3-8(6-13)7-14-9/h3-4,7,10H,5-6,13H2,1-2H3,(H,15,16). The van der Waals surface area contributed by atoms with E-state index in [2.05, 4.69) is 24.1 Å². The molecular formula is C12H17N3O. The van der Waals surface area contributed by atoms with E-state index in [4.69, 9.17) is 5.73 Å². The summed E-state index contributed by atoms with van der Waals surface area (Å²) in [5, 5.41) is 2.97. The highest BCUT2D eigenvalue weighted by molar-refractivity contribution is 5.92. The zero-order valence-electron chi connectivity index (χ0n) is 9.66. The number of hydrogen-bond donors (Lipinski definition) is 2. The third-order valence-electron chi connectivity index (χ3n) is 3.11. The molecule has 1 unspecified atom stereocenters. The van der Waals surface area contributed by atoms with Crippen LogP contribution in [0.1, 0.15) is 36.3 Å². The Morgan fingerprint density at radius 2 is 2.31 bits per heavy atom. The number of rotatable bonds is 3. The minimum absolute atomic E-state index is 0.0980. The van der Waals surface area contributed by atoms with Crippen molar-refractivity contribution < 1.29 is 4.79 Å². The van der Waals surface area contributed by atoms with Gasteiger partial charge in [0.1, 0.15) is 5.69 Å². The molecule has 4 nitrogen and oxygen atoms in total. The quantitative estimate of drug-likeness (QED) is 0.799. The monoisotopic (exact) mass is 219 g/mol. The van der Waals surface area contributed by atoms with Crippen molar-refractivity contribution in [3.05, 3.63) is 29.6 Å². The normalized spacial score (nSPS) is 21.6. The number of nitrogens with two attached hydrogens (primary N) is 1. The van der Waals surface area contributed by atoms with Crippen LogP contribution in [0.5, 0.6) is 0 Å². The molecule has 1 aromatic heterocycles. The number of pyridine rings is 1. The van der Waals surface area contributed by atoms with Crippen LogP contribution in [-0.2, 0) is 6.54 Å². The summed E-state index contributed by atoms with van der Waals surface area (Å²) in [5.74, 6) is -0.0980. The third kappa shape index (κ3) is 2.22. The first-order valence-electron chi connectivity index (χ1n) is 5.49. The van der Waals surface area contributed by atoms with Crippen molar-refractivity contribution >= 4 is 5.91 Å². The predicted octanol–water partition coefficient (Wildman–Crippen LogP) is 1.07. The van der Waals surface area contributed by atoms with Gasteiger partial charge in [0.15, 0.2) is 0 Å². The molecule has 1 aromatic rings. The molecule has 0 aliphatic heterocycles. The van der Waals surface area contributed by atoms with E-state index in [0.29, 0.717) is 12.2 Å². The summed E-state index contributed by atoms with van der Waals surface area (Å²) >= 11 is 0. The molecule has 1 heterocycles. The molecule has 1 saturated carbocycles. The first-order chi connectivity index (χ1) is 7.53. The van der Waals surface area contributed by atoms with Gasteiger partial charge in [-0.15, -0.1) is 0 Å². The number of nitrogens with one attached hydrogen (secondary N) is 1. The molecule has 1 atom stereocenters. The lowest BCUT2D eigenvalue weighted by atomic mass is 10.2. The second-order valence-electron chi connectivity index (χ2n) is 4.97. The van der Waals surface area contributed by atoms with Gasteiger partial charge in [0.2, 0.25) is 0 Å². The summed E-state index contributed by atoms with van der Waals surface area (Å²) in [6.07, 6.45) is 2.69. The molecule has 3 N–H and O–H groups in total. The van der Waals surface area contributed by atoms with Gasteiger partial charge >= 0.3 is 0 Å². The van der Waals surface area contributed by atoms with E-state index in [1.165, 1.54) is 0 Å². The summed E-state index contributed by atoms with van der Waals surface area (Å²) in [5.41, 5.74) is 7.10. The first-order valence-corrected chi connectivity index (χ1v) is 5.49. The average molecular weight is 219 g/mol. The Balaban J connectivity index is 1.99. The van der Waals surface area contributed by atoms with Crippen LogP contribution in [0.15, 0.2) is 18.3 Å². The second kappa shape index (κ2) is 3.87. The first kappa shape index (κ1) is 11.1. The molecule has 0 saturated heterocycles. The lowest BCUT2D eigenvalue weighted by Gasteiger charge is -2.06. The summed E-state index contributed by atoms with van der Waals surface area (Å²) in [7, 11) is 0. The van der Waals surface area contributed by atoms with E-state index in [0.717, 1.165) is 12.0 Å². The third-order valence-corrected chi connectivity index (χ3v) is 3.11. The van der Waals surface area contributed by atoms with E-state index in [1.807, 2.05) is 6.07 Å². The van der Waals surface area contributed by atoms with E-state index < -0.39 is 0 Å². The van der Waals surface area contributed by atoms with Gasteiger partial charge in [0.05, 0.1) is 0 Å². The highest BCUT2D eigenvalue weighted by Gasteiger charge is 2.46. The van der Waals surface area contributed by atoms with Crippen molar-refractivity contribution in [2.24, 2.45) is 11.1 Å². The molecule has 86 valence electrons. The summed E-state index contributed by atoms with van der Waals surface area (Å²) in [6.45, 7) is 4.73. The van der Waals surface area contributed by atoms with Gasteiger partial charge in [-0.1, -0.05) is 19.9 Å². The van der Waals surface area contributed by atoms with Crippen LogP contribution in [0.3, 0.4) is 0 Å². The highest BCUT2D eigenvalue weighted by atomic mass is 16.2. The molecule has 4 heteroatoms. The maximum Gasteiger partial charge on any atom is 0.270 e. The maximum absolute atomic E-state index is 11.8. The topological polar surface area (TPSA) is 68.0 Å². The van der Waals surface area contributed by atoms with Gasteiger partial charge < -0.3 is 11.1 Å². The van der Waals surface area contributed by atoms with Crippen LogP contribution in [0, 0.1) is 5.41 Å². The summed E-state index contributed by atoms with van der Waals surface area (Å²) in [6, 6.07) is 3.84. The van der Waals surface area contributed by atoms with Gasteiger partial charge in [-0.3, -0.25) is 9.78 Å². The van der Waals surface area contributed by atoms with E-state index in [-0.39, 0.29) is 17.4 Å². The number of carbonyl (C=O) groups excluding carboxylic acids is 1. The Morgan fingerprint density at radius 3 is 2.75 bits per heavy atom. The fourth-order valence-corrected chi connectivity index (χ4v) is 1.63. The van der Waals surface area contributed by atoms with Crippen molar-refractivity contribution in [1.82, 2.24) is 10.3 Å². The zero-order valence-corrected chi connectivity index (χ0v) is 9.66. The van der Waals surface area contributed by atoms with Crippen molar-refractivity contribution in [2.45, 2.75) is 32.9 Å². The number of carbonyl (C=O) groups is 1. The van der Waals surface area contributed by atoms with Crippen LogP contribution in [-0.4, -0.2) is 16.9 Å². The van der Waals surface area contributed by atoms with Crippen LogP contribution in [0.4, 0.5) is 0 Å². The number of amides is 1. The van der Waals surface area contributed by atoms with Crippen molar-refractivity contribution in [3.8, 4) is 0 Å². The second-order valence-corrected chi connectivity index (χ2v) is 4.97. The van der Waals surface area contributed by atoms with E-state index >= 15 is 0 Å². The molecule has 0 bridgehead atoms.